The number of para-hydroxylation sites is 1. The third-order valence-electron chi connectivity index (χ3n) is 4.93. The second-order valence-corrected chi connectivity index (χ2v) is 7.29. The molecule has 1 aliphatic heterocycles. The van der Waals surface area contributed by atoms with Gasteiger partial charge in [0.15, 0.2) is 0 Å². The van der Waals surface area contributed by atoms with E-state index in [9.17, 15) is 4.79 Å². The van der Waals surface area contributed by atoms with E-state index < -0.39 is 0 Å². The van der Waals surface area contributed by atoms with Gasteiger partial charge in [0.25, 0.3) is 0 Å². The molecule has 146 valence electrons. The number of pyridine rings is 1. The van der Waals surface area contributed by atoms with E-state index in [-0.39, 0.29) is 5.91 Å². The third-order valence-corrected chi connectivity index (χ3v) is 5.25. The number of hydrogen-bond acceptors (Lipinski definition) is 4. The van der Waals surface area contributed by atoms with Crippen molar-refractivity contribution in [2.75, 3.05) is 32.8 Å². The van der Waals surface area contributed by atoms with Crippen molar-refractivity contribution in [1.82, 2.24) is 19.2 Å². The van der Waals surface area contributed by atoms with Crippen LogP contribution in [0.5, 0.6) is 5.75 Å². The fourth-order valence-electron chi connectivity index (χ4n) is 3.42. The highest BCUT2D eigenvalue weighted by molar-refractivity contribution is 6.32. The van der Waals surface area contributed by atoms with Gasteiger partial charge in [0.05, 0.1) is 23.7 Å². The molecule has 6 nitrogen and oxygen atoms in total. The number of benzene rings is 1. The van der Waals surface area contributed by atoms with Crippen molar-refractivity contribution in [1.29, 1.82) is 0 Å². The Morgan fingerprint density at radius 3 is 2.64 bits per heavy atom. The quantitative estimate of drug-likeness (QED) is 0.640. The smallest absolute Gasteiger partial charge is 0.226 e. The van der Waals surface area contributed by atoms with E-state index in [2.05, 4.69) is 16.1 Å². The summed E-state index contributed by atoms with van der Waals surface area (Å²) in [5.74, 6) is 0.744. The number of rotatable bonds is 6. The van der Waals surface area contributed by atoms with Gasteiger partial charge in [0.1, 0.15) is 11.4 Å². The van der Waals surface area contributed by atoms with Crippen LogP contribution in [0.1, 0.15) is 12.1 Å². The first-order valence-electron chi connectivity index (χ1n) is 9.49. The summed E-state index contributed by atoms with van der Waals surface area (Å²) in [5, 5.41) is 0.565. The number of ether oxygens (including phenoxy) is 1. The van der Waals surface area contributed by atoms with E-state index in [1.165, 1.54) is 0 Å². The Kier molecular flexibility index (Phi) is 5.78. The van der Waals surface area contributed by atoms with Crippen LogP contribution < -0.4 is 4.74 Å². The summed E-state index contributed by atoms with van der Waals surface area (Å²) in [5.41, 5.74) is 2.02. The van der Waals surface area contributed by atoms with Crippen LogP contribution in [-0.2, 0) is 11.3 Å². The zero-order valence-corrected chi connectivity index (χ0v) is 16.4. The van der Waals surface area contributed by atoms with Crippen LogP contribution in [0.25, 0.3) is 5.65 Å². The van der Waals surface area contributed by atoms with Crippen LogP contribution in [0, 0.1) is 0 Å². The van der Waals surface area contributed by atoms with E-state index in [1.54, 1.807) is 6.07 Å². The molecule has 7 heteroatoms. The zero-order chi connectivity index (χ0) is 19.3. The molecule has 3 heterocycles. The monoisotopic (exact) mass is 398 g/mol. The average Bonchev–Trinajstić information content (AvgIpc) is 3.12. The first kappa shape index (κ1) is 18.8. The van der Waals surface area contributed by atoms with Crippen molar-refractivity contribution >= 4 is 23.2 Å². The molecule has 0 aliphatic carbocycles. The van der Waals surface area contributed by atoms with Gasteiger partial charge < -0.3 is 14.0 Å². The Labute approximate surface area is 169 Å². The minimum Gasteiger partial charge on any atom is -0.491 e. The molecule has 0 radical (unpaired) electrons. The van der Waals surface area contributed by atoms with Crippen LogP contribution in [0.2, 0.25) is 5.02 Å². The molecular weight excluding hydrogens is 376 g/mol. The van der Waals surface area contributed by atoms with Crippen molar-refractivity contribution < 1.29 is 9.53 Å². The molecule has 0 saturated carbocycles. The van der Waals surface area contributed by atoms with Crippen molar-refractivity contribution in [2.24, 2.45) is 0 Å². The number of nitrogens with zero attached hydrogens (tertiary/aromatic N) is 4. The molecule has 4 rings (SSSR count). The Morgan fingerprint density at radius 1 is 1.07 bits per heavy atom. The van der Waals surface area contributed by atoms with Gasteiger partial charge in [-0.05, 0) is 24.3 Å². The number of carbonyl (C=O) groups excluding carboxylic acids is 1. The molecule has 0 bridgehead atoms. The van der Waals surface area contributed by atoms with E-state index in [1.807, 2.05) is 51.9 Å². The maximum atomic E-state index is 12.4. The summed E-state index contributed by atoms with van der Waals surface area (Å²) in [4.78, 5) is 21.3. The molecule has 28 heavy (non-hydrogen) atoms. The number of halogens is 1. The van der Waals surface area contributed by atoms with Gasteiger partial charge in [-0.15, -0.1) is 0 Å². The van der Waals surface area contributed by atoms with Crippen molar-refractivity contribution in [3.63, 3.8) is 0 Å². The molecule has 1 aromatic carbocycles. The van der Waals surface area contributed by atoms with Gasteiger partial charge in [0, 0.05) is 45.1 Å². The molecular formula is C21H23ClN4O2. The second-order valence-electron chi connectivity index (χ2n) is 6.88. The summed E-state index contributed by atoms with van der Waals surface area (Å²) in [6, 6.07) is 13.3. The van der Waals surface area contributed by atoms with E-state index in [4.69, 9.17) is 16.3 Å². The normalized spacial score (nSPS) is 15.1. The number of imidazole rings is 1. The molecule has 2 aromatic heterocycles. The first-order chi connectivity index (χ1) is 13.7. The van der Waals surface area contributed by atoms with Gasteiger partial charge >= 0.3 is 0 Å². The number of fused-ring (bicyclic) bond motifs is 1. The lowest BCUT2D eigenvalue weighted by Crippen LogP contribution is -2.48. The molecule has 0 N–H and O–H groups in total. The number of piperazine rings is 1. The Hall–Kier alpha value is -2.57. The highest BCUT2D eigenvalue weighted by Gasteiger charge is 2.21. The van der Waals surface area contributed by atoms with Crippen molar-refractivity contribution in [3.05, 3.63) is 65.6 Å². The fourth-order valence-corrected chi connectivity index (χ4v) is 3.61. The molecule has 0 atom stereocenters. The molecule has 0 spiro atoms. The van der Waals surface area contributed by atoms with Crippen molar-refractivity contribution in [3.8, 4) is 5.75 Å². The lowest BCUT2D eigenvalue weighted by Gasteiger charge is -2.34. The second kappa shape index (κ2) is 8.63. The number of carbonyl (C=O) groups is 1. The standard InChI is InChI=1S/C21H23ClN4O2/c22-18-5-1-2-6-19(18)28-14-8-21(27)25-12-10-24(11-13-25)15-17-16-26-9-4-3-7-20(26)23-17/h1-7,9,16H,8,10-15H2. The number of hydrogen-bond donors (Lipinski definition) is 0. The predicted octanol–water partition coefficient (Wildman–Crippen LogP) is 3.10. The average molecular weight is 399 g/mol. The topological polar surface area (TPSA) is 50.1 Å². The molecule has 1 aliphatic rings. The molecule has 1 saturated heterocycles. The van der Waals surface area contributed by atoms with Crippen LogP contribution in [0.4, 0.5) is 0 Å². The highest BCUT2D eigenvalue weighted by atomic mass is 35.5. The van der Waals surface area contributed by atoms with Crippen molar-refractivity contribution in [2.45, 2.75) is 13.0 Å². The van der Waals surface area contributed by atoms with Crippen LogP contribution in [0.3, 0.4) is 0 Å². The largest absolute Gasteiger partial charge is 0.491 e. The maximum Gasteiger partial charge on any atom is 0.226 e. The van der Waals surface area contributed by atoms with E-state index >= 15 is 0 Å². The van der Waals surface area contributed by atoms with Crippen LogP contribution in [0.15, 0.2) is 54.9 Å². The fraction of sp³-hybridized carbons (Fsp3) is 0.333. The summed E-state index contributed by atoms with van der Waals surface area (Å²) in [6.45, 7) is 4.32. The highest BCUT2D eigenvalue weighted by Crippen LogP contribution is 2.23. The Morgan fingerprint density at radius 2 is 1.86 bits per heavy atom. The Bertz CT molecular complexity index is 917. The minimum absolute atomic E-state index is 0.124. The molecule has 3 aromatic rings. The van der Waals surface area contributed by atoms with Gasteiger partial charge in [-0.25, -0.2) is 4.98 Å². The Balaban J connectivity index is 1.22. The summed E-state index contributed by atoms with van der Waals surface area (Å²) in [6.07, 6.45) is 4.43. The predicted molar refractivity (Wildman–Crippen MR) is 109 cm³/mol. The van der Waals surface area contributed by atoms with E-state index in [0.29, 0.717) is 23.8 Å². The zero-order valence-electron chi connectivity index (χ0n) is 15.6. The van der Waals surface area contributed by atoms with Gasteiger partial charge in [-0.1, -0.05) is 29.8 Å². The summed E-state index contributed by atoms with van der Waals surface area (Å²) >= 11 is 6.06. The first-order valence-corrected chi connectivity index (χ1v) is 9.87. The maximum absolute atomic E-state index is 12.4. The number of amides is 1. The number of aromatic nitrogens is 2. The lowest BCUT2D eigenvalue weighted by atomic mass is 10.2. The molecule has 1 fully saturated rings. The molecule has 1 amide bonds. The van der Waals surface area contributed by atoms with Crippen LogP contribution in [-0.4, -0.2) is 57.9 Å². The summed E-state index contributed by atoms with van der Waals surface area (Å²) < 4.78 is 7.66. The van der Waals surface area contributed by atoms with E-state index in [0.717, 1.165) is 44.1 Å². The van der Waals surface area contributed by atoms with Gasteiger partial charge in [-0.2, -0.15) is 0 Å². The van der Waals surface area contributed by atoms with Crippen LogP contribution >= 0.6 is 11.6 Å². The van der Waals surface area contributed by atoms with Gasteiger partial charge in [-0.3, -0.25) is 9.69 Å². The van der Waals surface area contributed by atoms with Gasteiger partial charge in [0.2, 0.25) is 5.91 Å². The lowest BCUT2D eigenvalue weighted by molar-refractivity contribution is -0.133. The third kappa shape index (κ3) is 4.46. The summed E-state index contributed by atoms with van der Waals surface area (Å²) in [7, 11) is 0. The SMILES string of the molecule is O=C(CCOc1ccccc1Cl)N1CCN(Cc2cn3ccccc3n2)CC1. The minimum atomic E-state index is 0.124. The molecule has 0 unspecified atom stereocenters.